The lowest BCUT2D eigenvalue weighted by Crippen LogP contribution is -2.38. The van der Waals surface area contributed by atoms with Gasteiger partial charge >= 0.3 is 0 Å². The Morgan fingerprint density at radius 1 is 1.27 bits per heavy atom. The van der Waals surface area contributed by atoms with E-state index in [4.69, 9.17) is 0 Å². The quantitative estimate of drug-likeness (QED) is 0.701. The van der Waals surface area contributed by atoms with E-state index in [1.165, 1.54) is 5.19 Å². The van der Waals surface area contributed by atoms with E-state index in [0.29, 0.717) is 0 Å². The van der Waals surface area contributed by atoms with Crippen molar-refractivity contribution in [3.05, 3.63) is 24.3 Å². The zero-order valence-electron chi connectivity index (χ0n) is 10.2. The summed E-state index contributed by atoms with van der Waals surface area (Å²) >= 11 is 0. The van der Waals surface area contributed by atoms with Crippen LogP contribution in [0.1, 0.15) is 6.92 Å². The van der Waals surface area contributed by atoms with Crippen LogP contribution in [-0.4, -0.2) is 21.0 Å². The van der Waals surface area contributed by atoms with E-state index in [0.717, 1.165) is 5.69 Å². The van der Waals surface area contributed by atoms with E-state index in [9.17, 15) is 4.79 Å². The predicted octanol–water partition coefficient (Wildman–Crippen LogP) is 2.21. The van der Waals surface area contributed by atoms with Gasteiger partial charge in [0.2, 0.25) is 5.91 Å². The summed E-state index contributed by atoms with van der Waals surface area (Å²) in [5.74, 6) is 0.0720. The summed E-state index contributed by atoms with van der Waals surface area (Å²) < 4.78 is 0. The number of benzene rings is 1. The highest BCUT2D eigenvalue weighted by Crippen LogP contribution is 2.13. The van der Waals surface area contributed by atoms with Crippen molar-refractivity contribution < 1.29 is 4.79 Å². The van der Waals surface area contributed by atoms with Gasteiger partial charge in [0.05, 0.1) is 8.07 Å². The summed E-state index contributed by atoms with van der Waals surface area (Å²) in [6.07, 6.45) is 0. The average molecular weight is 221 g/mol. The molecule has 82 valence electrons. The molecule has 1 rings (SSSR count). The Bertz CT molecular complexity index is 368. The van der Waals surface area contributed by atoms with E-state index in [-0.39, 0.29) is 5.91 Å². The Hall–Kier alpha value is -1.09. The fraction of sp³-hybridized carbons (Fsp3) is 0.417. The lowest BCUT2D eigenvalue weighted by Gasteiger charge is -2.21. The van der Waals surface area contributed by atoms with Gasteiger partial charge < -0.3 is 4.90 Å². The smallest absolute Gasteiger partial charge is 0.223 e. The zero-order valence-corrected chi connectivity index (χ0v) is 11.2. The highest BCUT2D eigenvalue weighted by molar-refractivity contribution is 6.88. The van der Waals surface area contributed by atoms with Gasteiger partial charge in [-0.25, -0.2) is 0 Å². The second kappa shape index (κ2) is 4.19. The number of hydrogen-bond donors (Lipinski definition) is 0. The molecule has 0 saturated carbocycles. The Balaban J connectivity index is 3.08. The number of amides is 1. The Morgan fingerprint density at radius 3 is 2.33 bits per heavy atom. The van der Waals surface area contributed by atoms with Gasteiger partial charge in [-0.15, -0.1) is 0 Å². The normalized spacial score (nSPS) is 11.3. The van der Waals surface area contributed by atoms with E-state index in [1.807, 2.05) is 19.2 Å². The summed E-state index contributed by atoms with van der Waals surface area (Å²) in [6, 6.07) is 8.30. The van der Waals surface area contributed by atoms with Crippen molar-refractivity contribution in [2.75, 3.05) is 11.9 Å². The van der Waals surface area contributed by atoms with Crippen LogP contribution in [0.3, 0.4) is 0 Å². The molecule has 1 aromatic rings. The number of rotatable bonds is 2. The molecule has 15 heavy (non-hydrogen) atoms. The van der Waals surface area contributed by atoms with Crippen molar-refractivity contribution in [2.24, 2.45) is 0 Å². The van der Waals surface area contributed by atoms with Crippen molar-refractivity contribution in [1.29, 1.82) is 0 Å². The third-order valence-electron chi connectivity index (χ3n) is 2.57. The standard InChI is InChI=1S/C12H19NOSi/c1-10(14)13(2)11-7-6-8-12(9-11)15(3,4)5/h6-9H,1-5H3. The molecule has 0 bridgehead atoms. The van der Waals surface area contributed by atoms with Crippen LogP contribution in [0.25, 0.3) is 0 Å². The molecule has 0 unspecified atom stereocenters. The number of carbonyl (C=O) groups is 1. The van der Waals surface area contributed by atoms with Crippen LogP contribution in [0.2, 0.25) is 19.6 Å². The molecule has 0 N–H and O–H groups in total. The minimum absolute atomic E-state index is 0.0720. The van der Waals surface area contributed by atoms with Gasteiger partial charge in [0.15, 0.2) is 0 Å². The Labute approximate surface area is 92.9 Å². The Morgan fingerprint density at radius 2 is 1.87 bits per heavy atom. The molecular weight excluding hydrogens is 202 g/mol. The maximum Gasteiger partial charge on any atom is 0.223 e. The summed E-state index contributed by atoms with van der Waals surface area (Å²) in [6.45, 7) is 8.50. The first-order valence-electron chi connectivity index (χ1n) is 5.17. The van der Waals surface area contributed by atoms with Gasteiger partial charge in [-0.2, -0.15) is 0 Å². The second-order valence-corrected chi connectivity index (χ2v) is 9.96. The molecule has 0 radical (unpaired) electrons. The molecule has 1 amide bonds. The molecule has 0 atom stereocenters. The van der Waals surface area contributed by atoms with Crippen molar-refractivity contribution in [3.63, 3.8) is 0 Å². The molecule has 1 aromatic carbocycles. The molecule has 0 spiro atoms. The molecular formula is C12H19NOSi. The van der Waals surface area contributed by atoms with Crippen LogP contribution in [0.5, 0.6) is 0 Å². The lowest BCUT2D eigenvalue weighted by atomic mass is 10.3. The fourth-order valence-corrected chi connectivity index (χ4v) is 2.54. The van der Waals surface area contributed by atoms with Crippen LogP contribution >= 0.6 is 0 Å². The molecule has 0 aromatic heterocycles. The predicted molar refractivity (Wildman–Crippen MR) is 68.5 cm³/mol. The number of nitrogens with zero attached hydrogens (tertiary/aromatic N) is 1. The molecule has 0 saturated heterocycles. The van der Waals surface area contributed by atoms with Crippen LogP contribution in [0.15, 0.2) is 24.3 Å². The minimum atomic E-state index is -1.28. The van der Waals surface area contributed by atoms with Crippen molar-refractivity contribution in [3.8, 4) is 0 Å². The van der Waals surface area contributed by atoms with Gasteiger partial charge in [0, 0.05) is 19.7 Å². The molecule has 0 aliphatic rings. The van der Waals surface area contributed by atoms with Gasteiger partial charge in [-0.05, 0) is 12.1 Å². The summed E-state index contributed by atoms with van der Waals surface area (Å²) in [7, 11) is 0.528. The van der Waals surface area contributed by atoms with Crippen LogP contribution in [0.4, 0.5) is 5.69 Å². The van der Waals surface area contributed by atoms with Gasteiger partial charge in [-0.1, -0.05) is 37.0 Å². The first-order valence-corrected chi connectivity index (χ1v) is 8.67. The molecule has 0 heterocycles. The summed E-state index contributed by atoms with van der Waals surface area (Å²) in [5.41, 5.74) is 0.988. The second-order valence-electron chi connectivity index (χ2n) is 4.88. The topological polar surface area (TPSA) is 20.3 Å². The largest absolute Gasteiger partial charge is 0.316 e. The monoisotopic (exact) mass is 221 g/mol. The van der Waals surface area contributed by atoms with E-state index in [1.54, 1.807) is 11.8 Å². The van der Waals surface area contributed by atoms with Crippen molar-refractivity contribution >= 4 is 24.9 Å². The molecule has 0 fully saturated rings. The van der Waals surface area contributed by atoms with E-state index < -0.39 is 8.07 Å². The third kappa shape index (κ3) is 2.93. The Kier molecular flexibility index (Phi) is 3.34. The first kappa shape index (κ1) is 12.0. The highest BCUT2D eigenvalue weighted by Gasteiger charge is 2.17. The first-order chi connectivity index (χ1) is 6.82. The van der Waals surface area contributed by atoms with Gasteiger partial charge in [0.25, 0.3) is 0 Å². The highest BCUT2D eigenvalue weighted by atomic mass is 28.3. The minimum Gasteiger partial charge on any atom is -0.316 e. The SMILES string of the molecule is CC(=O)N(C)c1cccc([Si](C)(C)C)c1. The molecule has 2 nitrogen and oxygen atoms in total. The summed E-state index contributed by atoms with van der Waals surface area (Å²) in [5, 5.41) is 1.38. The van der Waals surface area contributed by atoms with Crippen LogP contribution in [-0.2, 0) is 4.79 Å². The van der Waals surface area contributed by atoms with E-state index in [2.05, 4.69) is 31.8 Å². The number of hydrogen-bond acceptors (Lipinski definition) is 1. The van der Waals surface area contributed by atoms with Gasteiger partial charge in [-0.3, -0.25) is 4.79 Å². The van der Waals surface area contributed by atoms with Gasteiger partial charge in [0.1, 0.15) is 0 Å². The van der Waals surface area contributed by atoms with Crippen LogP contribution in [0, 0.1) is 0 Å². The maximum atomic E-state index is 11.2. The fourth-order valence-electron chi connectivity index (χ4n) is 1.36. The number of carbonyl (C=O) groups excluding carboxylic acids is 1. The van der Waals surface area contributed by atoms with E-state index >= 15 is 0 Å². The molecule has 0 aliphatic heterocycles. The third-order valence-corrected chi connectivity index (χ3v) is 4.61. The lowest BCUT2D eigenvalue weighted by molar-refractivity contribution is -0.116. The molecule has 3 heteroatoms. The molecule has 0 aliphatic carbocycles. The van der Waals surface area contributed by atoms with Crippen molar-refractivity contribution in [2.45, 2.75) is 26.6 Å². The number of anilines is 1. The average Bonchev–Trinajstić information content (AvgIpc) is 2.15. The van der Waals surface area contributed by atoms with Crippen molar-refractivity contribution in [1.82, 2.24) is 0 Å². The van der Waals surface area contributed by atoms with Crippen LogP contribution < -0.4 is 10.1 Å². The summed E-state index contributed by atoms with van der Waals surface area (Å²) in [4.78, 5) is 12.9. The maximum absolute atomic E-state index is 11.2. The zero-order chi connectivity index (χ0) is 11.6.